The summed E-state index contributed by atoms with van der Waals surface area (Å²) >= 11 is 5.52. The minimum Gasteiger partial charge on any atom is -0.414 e. The third-order valence-electron chi connectivity index (χ3n) is 1.06. The third kappa shape index (κ3) is 7.35. The summed E-state index contributed by atoms with van der Waals surface area (Å²) in [5.74, 6) is -0.403. The lowest BCUT2D eigenvalue weighted by Gasteiger charge is -1.94. The molecule has 0 heterocycles. The fourth-order valence-corrected chi connectivity index (χ4v) is 0.759. The van der Waals surface area contributed by atoms with Crippen molar-refractivity contribution in [2.45, 2.75) is 26.7 Å². The van der Waals surface area contributed by atoms with E-state index in [0.29, 0.717) is 0 Å². The van der Waals surface area contributed by atoms with Gasteiger partial charge in [-0.05, 0) is 24.1 Å². The zero-order valence-corrected chi connectivity index (χ0v) is 8.10. The van der Waals surface area contributed by atoms with E-state index in [-0.39, 0.29) is 5.22 Å². The summed E-state index contributed by atoms with van der Waals surface area (Å²) < 4.78 is 4.57. The number of rotatable bonds is 4. The zero-order valence-electron chi connectivity index (χ0n) is 7.34. The van der Waals surface area contributed by atoms with Gasteiger partial charge < -0.3 is 4.74 Å². The van der Waals surface area contributed by atoms with Gasteiger partial charge >= 0.3 is 5.97 Å². The maximum Gasteiger partial charge on any atom is 0.308 e. The normalized spacial score (nSPS) is 12.1. The van der Waals surface area contributed by atoms with Gasteiger partial charge in [-0.2, -0.15) is 0 Å². The molecule has 0 saturated carbocycles. The Bertz CT molecular complexity index is 195. The first-order valence-corrected chi connectivity index (χ1v) is 4.25. The van der Waals surface area contributed by atoms with Crippen molar-refractivity contribution < 1.29 is 9.53 Å². The summed E-state index contributed by atoms with van der Waals surface area (Å²) in [5, 5.41) is 0.106. The predicted molar refractivity (Wildman–Crippen MR) is 49.8 cm³/mol. The van der Waals surface area contributed by atoms with Crippen molar-refractivity contribution in [3.05, 3.63) is 23.4 Å². The molecule has 0 saturated heterocycles. The van der Waals surface area contributed by atoms with Gasteiger partial charge in [0.2, 0.25) is 0 Å². The van der Waals surface area contributed by atoms with E-state index in [1.54, 1.807) is 12.2 Å². The molecule has 0 radical (unpaired) electrons. The van der Waals surface area contributed by atoms with Crippen LogP contribution >= 0.6 is 11.6 Å². The Morgan fingerprint density at radius 1 is 1.58 bits per heavy atom. The largest absolute Gasteiger partial charge is 0.414 e. The van der Waals surface area contributed by atoms with Crippen LogP contribution in [-0.2, 0) is 9.53 Å². The highest BCUT2D eigenvalue weighted by molar-refractivity contribution is 6.29. The van der Waals surface area contributed by atoms with Crippen LogP contribution in [0.15, 0.2) is 23.4 Å². The summed E-state index contributed by atoms with van der Waals surface area (Å²) in [6.45, 7) is 3.40. The van der Waals surface area contributed by atoms with Crippen molar-refractivity contribution in [3.63, 3.8) is 0 Å². The number of esters is 1. The van der Waals surface area contributed by atoms with Crippen molar-refractivity contribution in [1.29, 1.82) is 0 Å². The van der Waals surface area contributed by atoms with Crippen LogP contribution in [0.3, 0.4) is 0 Å². The monoisotopic (exact) mass is 188 g/mol. The lowest BCUT2D eigenvalue weighted by molar-refractivity contribution is -0.135. The third-order valence-corrected chi connectivity index (χ3v) is 1.26. The van der Waals surface area contributed by atoms with Crippen LogP contribution in [0.2, 0.25) is 0 Å². The Balaban J connectivity index is 3.75. The van der Waals surface area contributed by atoms with Crippen molar-refractivity contribution in [1.82, 2.24) is 0 Å². The van der Waals surface area contributed by atoms with Gasteiger partial charge in [0.15, 0.2) is 5.22 Å². The Labute approximate surface area is 77.9 Å². The van der Waals surface area contributed by atoms with Crippen LogP contribution in [0, 0.1) is 0 Å². The minimum atomic E-state index is -0.403. The van der Waals surface area contributed by atoms with Crippen LogP contribution in [-0.4, -0.2) is 5.97 Å². The highest BCUT2D eigenvalue weighted by Gasteiger charge is 1.93. The van der Waals surface area contributed by atoms with Gasteiger partial charge in [0, 0.05) is 6.92 Å². The average molecular weight is 189 g/mol. The minimum absolute atomic E-state index is 0.106. The number of unbranched alkanes of at least 4 members (excludes halogenated alkanes) is 1. The Morgan fingerprint density at radius 3 is 2.75 bits per heavy atom. The molecule has 2 nitrogen and oxygen atoms in total. The molecule has 0 aliphatic carbocycles. The highest BCUT2D eigenvalue weighted by atomic mass is 35.5. The SMILES string of the molecule is CCC/C=C/C=C(\Cl)OC(C)=O. The molecule has 0 aromatic rings. The molecule has 0 bridgehead atoms. The first-order valence-electron chi connectivity index (χ1n) is 3.87. The van der Waals surface area contributed by atoms with Gasteiger partial charge in [-0.1, -0.05) is 25.5 Å². The van der Waals surface area contributed by atoms with Gasteiger partial charge in [0.05, 0.1) is 0 Å². The molecule has 0 aliphatic rings. The molecule has 0 fully saturated rings. The Morgan fingerprint density at radius 2 is 2.25 bits per heavy atom. The van der Waals surface area contributed by atoms with Crippen molar-refractivity contribution >= 4 is 17.6 Å². The van der Waals surface area contributed by atoms with E-state index in [2.05, 4.69) is 11.7 Å². The summed E-state index contributed by atoms with van der Waals surface area (Å²) in [7, 11) is 0. The maximum absolute atomic E-state index is 10.4. The van der Waals surface area contributed by atoms with E-state index >= 15 is 0 Å². The van der Waals surface area contributed by atoms with E-state index in [1.807, 2.05) is 6.08 Å². The topological polar surface area (TPSA) is 26.3 Å². The second-order valence-electron chi connectivity index (χ2n) is 2.28. The van der Waals surface area contributed by atoms with E-state index in [1.165, 1.54) is 6.92 Å². The van der Waals surface area contributed by atoms with Crippen LogP contribution in [0.25, 0.3) is 0 Å². The second-order valence-corrected chi connectivity index (χ2v) is 2.65. The Kier molecular flexibility index (Phi) is 6.48. The van der Waals surface area contributed by atoms with Crippen molar-refractivity contribution in [3.8, 4) is 0 Å². The van der Waals surface area contributed by atoms with Crippen LogP contribution < -0.4 is 0 Å². The first kappa shape index (κ1) is 11.2. The fraction of sp³-hybridized carbons (Fsp3) is 0.444. The average Bonchev–Trinajstić information content (AvgIpc) is 1.97. The quantitative estimate of drug-likeness (QED) is 0.385. The maximum atomic E-state index is 10.4. The fourth-order valence-electron chi connectivity index (χ4n) is 0.578. The molecule has 68 valence electrons. The Hall–Kier alpha value is -0.760. The standard InChI is InChI=1S/C9H13ClO2/c1-3-4-5-6-7-9(10)12-8(2)11/h5-7H,3-4H2,1-2H3/b6-5+,9-7+. The zero-order chi connectivity index (χ0) is 9.40. The second kappa shape index (κ2) is 6.92. The van der Waals surface area contributed by atoms with E-state index in [4.69, 9.17) is 11.6 Å². The molecular weight excluding hydrogens is 176 g/mol. The molecule has 0 rings (SSSR count). The number of halogens is 1. The molecule has 0 amide bonds. The first-order chi connectivity index (χ1) is 5.66. The summed E-state index contributed by atoms with van der Waals surface area (Å²) in [6.07, 6.45) is 7.38. The molecule has 12 heavy (non-hydrogen) atoms. The number of allylic oxidation sites excluding steroid dienone is 3. The van der Waals surface area contributed by atoms with E-state index in [9.17, 15) is 4.79 Å². The van der Waals surface area contributed by atoms with Gasteiger partial charge in [-0.3, -0.25) is 4.79 Å². The molecule has 0 aromatic carbocycles. The number of carbonyl (C=O) groups is 1. The summed E-state index contributed by atoms with van der Waals surface area (Å²) in [5.41, 5.74) is 0. The molecule has 0 unspecified atom stereocenters. The van der Waals surface area contributed by atoms with Crippen LogP contribution in [0.4, 0.5) is 0 Å². The number of carbonyl (C=O) groups excluding carboxylic acids is 1. The van der Waals surface area contributed by atoms with Gasteiger partial charge in [-0.25, -0.2) is 0 Å². The van der Waals surface area contributed by atoms with Crippen LogP contribution in [0.5, 0.6) is 0 Å². The molecule has 0 aliphatic heterocycles. The molecule has 0 atom stereocenters. The lowest BCUT2D eigenvalue weighted by atomic mass is 10.3. The van der Waals surface area contributed by atoms with Crippen molar-refractivity contribution in [2.75, 3.05) is 0 Å². The number of hydrogen-bond donors (Lipinski definition) is 0. The van der Waals surface area contributed by atoms with Gasteiger partial charge in [0.1, 0.15) is 0 Å². The smallest absolute Gasteiger partial charge is 0.308 e. The lowest BCUT2D eigenvalue weighted by Crippen LogP contribution is -1.93. The molecule has 0 aromatic heterocycles. The summed E-state index contributed by atoms with van der Waals surface area (Å²) in [6, 6.07) is 0. The molecule has 0 N–H and O–H groups in total. The van der Waals surface area contributed by atoms with Gasteiger partial charge in [-0.15, -0.1) is 0 Å². The summed E-state index contributed by atoms with van der Waals surface area (Å²) in [4.78, 5) is 10.4. The number of hydrogen-bond acceptors (Lipinski definition) is 2. The van der Waals surface area contributed by atoms with Crippen molar-refractivity contribution in [2.24, 2.45) is 0 Å². The predicted octanol–water partition coefficient (Wildman–Crippen LogP) is 2.99. The van der Waals surface area contributed by atoms with Crippen LogP contribution in [0.1, 0.15) is 26.7 Å². The number of ether oxygens (including phenoxy) is 1. The molecular formula is C9H13ClO2. The molecule has 3 heteroatoms. The highest BCUT2D eigenvalue weighted by Crippen LogP contribution is 2.03. The van der Waals surface area contributed by atoms with Gasteiger partial charge in [0.25, 0.3) is 0 Å². The van der Waals surface area contributed by atoms with E-state index in [0.717, 1.165) is 12.8 Å². The van der Waals surface area contributed by atoms with E-state index < -0.39 is 5.97 Å². The molecule has 0 spiro atoms.